The number of hydrogen-bond donors (Lipinski definition) is 3. The Morgan fingerprint density at radius 2 is 2.12 bits per heavy atom. The van der Waals surface area contributed by atoms with Crippen LogP contribution in [0.15, 0.2) is 16.9 Å². The summed E-state index contributed by atoms with van der Waals surface area (Å²) in [5.74, 6) is 0.939. The molecule has 0 radical (unpaired) electrons. The summed E-state index contributed by atoms with van der Waals surface area (Å²) in [5.41, 5.74) is -0.0402. The smallest absolute Gasteiger partial charge is 0.271 e. The predicted molar refractivity (Wildman–Crippen MR) is 56.0 cm³/mol. The number of rotatable bonds is 2. The topological polar surface area (TPSA) is 86.9 Å². The highest BCUT2D eigenvalue weighted by Crippen LogP contribution is 2.41. The molecule has 2 aliphatic rings. The molecule has 0 spiro atoms. The molecule has 3 N–H and O–H groups in total. The van der Waals surface area contributed by atoms with Crippen molar-refractivity contribution in [1.29, 1.82) is 0 Å². The van der Waals surface area contributed by atoms with Crippen molar-refractivity contribution in [2.24, 2.45) is 11.8 Å². The van der Waals surface area contributed by atoms with Gasteiger partial charge >= 0.3 is 0 Å². The van der Waals surface area contributed by atoms with Crippen LogP contribution in [0.2, 0.25) is 0 Å². The Labute approximate surface area is 91.4 Å². The van der Waals surface area contributed by atoms with Crippen LogP contribution in [-0.2, 0) is 0 Å². The van der Waals surface area contributed by atoms with E-state index in [1.54, 1.807) is 0 Å². The second kappa shape index (κ2) is 3.41. The van der Waals surface area contributed by atoms with Gasteiger partial charge in [-0.2, -0.15) is 5.10 Å². The van der Waals surface area contributed by atoms with Crippen LogP contribution in [0.25, 0.3) is 0 Å². The van der Waals surface area contributed by atoms with Crippen molar-refractivity contribution >= 4 is 5.91 Å². The van der Waals surface area contributed by atoms with Crippen molar-refractivity contribution in [3.63, 3.8) is 0 Å². The molecule has 1 aliphatic carbocycles. The highest BCUT2D eigenvalue weighted by Gasteiger charge is 2.53. The lowest BCUT2D eigenvalue weighted by atomic mass is 10.3. The molecule has 3 rings (SSSR count). The van der Waals surface area contributed by atoms with Crippen molar-refractivity contribution in [3.05, 3.63) is 28.2 Å². The number of H-pyrrole nitrogens is 1. The highest BCUT2D eigenvalue weighted by atomic mass is 16.2. The van der Waals surface area contributed by atoms with Crippen molar-refractivity contribution in [2.45, 2.75) is 6.04 Å². The van der Waals surface area contributed by atoms with Gasteiger partial charge in [-0.1, -0.05) is 0 Å². The largest absolute Gasteiger partial charge is 0.347 e. The first-order chi connectivity index (χ1) is 7.75. The van der Waals surface area contributed by atoms with Gasteiger partial charge in [-0.15, -0.1) is 0 Å². The number of amides is 1. The van der Waals surface area contributed by atoms with Crippen LogP contribution >= 0.6 is 0 Å². The van der Waals surface area contributed by atoms with E-state index in [1.165, 1.54) is 12.1 Å². The summed E-state index contributed by atoms with van der Waals surface area (Å²) in [4.78, 5) is 22.5. The van der Waals surface area contributed by atoms with Gasteiger partial charge in [0.2, 0.25) is 0 Å². The van der Waals surface area contributed by atoms with Crippen molar-refractivity contribution in [2.75, 3.05) is 13.1 Å². The molecule has 0 aromatic carbocycles. The molecule has 2 atom stereocenters. The zero-order valence-corrected chi connectivity index (χ0v) is 8.56. The molecular weight excluding hydrogens is 208 g/mol. The molecule has 6 heteroatoms. The van der Waals surface area contributed by atoms with Crippen LogP contribution in [0.3, 0.4) is 0 Å². The first-order valence-electron chi connectivity index (χ1n) is 5.33. The van der Waals surface area contributed by atoms with Crippen LogP contribution in [0.1, 0.15) is 10.5 Å². The Kier molecular flexibility index (Phi) is 2.03. The number of carbonyl (C=O) groups is 1. The summed E-state index contributed by atoms with van der Waals surface area (Å²) in [6.45, 7) is 1.96. The van der Waals surface area contributed by atoms with Crippen molar-refractivity contribution in [1.82, 2.24) is 20.8 Å². The Morgan fingerprint density at radius 3 is 2.75 bits per heavy atom. The average Bonchev–Trinajstić information content (AvgIpc) is 2.75. The number of carbonyl (C=O) groups excluding carboxylic acids is 1. The molecule has 16 heavy (non-hydrogen) atoms. The number of nitrogens with one attached hydrogen (secondary N) is 3. The molecule has 84 valence electrons. The van der Waals surface area contributed by atoms with Crippen LogP contribution in [0, 0.1) is 11.8 Å². The number of nitrogens with zero attached hydrogens (tertiary/aromatic N) is 1. The monoisotopic (exact) mass is 220 g/mol. The number of fused-ring (bicyclic) bond motifs is 1. The van der Waals surface area contributed by atoms with Gasteiger partial charge in [0, 0.05) is 25.2 Å². The molecule has 2 fully saturated rings. The second-order valence-electron chi connectivity index (χ2n) is 4.29. The van der Waals surface area contributed by atoms with Gasteiger partial charge in [0.1, 0.15) is 5.69 Å². The third kappa shape index (κ3) is 1.51. The van der Waals surface area contributed by atoms with Gasteiger partial charge in [-0.25, -0.2) is 5.10 Å². The van der Waals surface area contributed by atoms with Gasteiger partial charge in [-0.05, 0) is 17.9 Å². The average molecular weight is 220 g/mol. The summed E-state index contributed by atoms with van der Waals surface area (Å²) in [6.07, 6.45) is 0. The van der Waals surface area contributed by atoms with E-state index in [1.807, 2.05) is 0 Å². The fraction of sp³-hybridized carbons (Fsp3) is 0.500. The zero-order valence-electron chi connectivity index (χ0n) is 8.56. The van der Waals surface area contributed by atoms with E-state index >= 15 is 0 Å². The van der Waals surface area contributed by atoms with Gasteiger partial charge in [-0.3, -0.25) is 9.59 Å². The quantitative estimate of drug-likeness (QED) is 0.579. The maximum atomic E-state index is 11.7. The van der Waals surface area contributed by atoms with E-state index in [4.69, 9.17) is 0 Å². The van der Waals surface area contributed by atoms with E-state index in [-0.39, 0.29) is 23.2 Å². The lowest BCUT2D eigenvalue weighted by molar-refractivity contribution is 0.0940. The lowest BCUT2D eigenvalue weighted by Crippen LogP contribution is -2.33. The van der Waals surface area contributed by atoms with E-state index in [9.17, 15) is 9.59 Å². The SMILES string of the molecule is O=C(NC1C2CNCC21)c1ccc(=O)[nH]n1. The van der Waals surface area contributed by atoms with Crippen LogP contribution < -0.4 is 16.2 Å². The fourth-order valence-corrected chi connectivity index (χ4v) is 2.33. The number of hydrogen-bond acceptors (Lipinski definition) is 4. The molecule has 2 unspecified atom stereocenters. The molecule has 1 aromatic rings. The van der Waals surface area contributed by atoms with E-state index in [0.29, 0.717) is 11.8 Å². The zero-order chi connectivity index (χ0) is 11.1. The van der Waals surface area contributed by atoms with Crippen LogP contribution in [-0.4, -0.2) is 35.2 Å². The first-order valence-corrected chi connectivity index (χ1v) is 5.33. The minimum atomic E-state index is -0.302. The standard InChI is InChI=1S/C10H12N4O2/c15-8-2-1-7(13-14-8)10(16)12-9-5-3-11-4-6(5)9/h1-2,5-6,9,11H,3-4H2,(H,12,16)(H,14,15). The third-order valence-electron chi connectivity index (χ3n) is 3.30. The van der Waals surface area contributed by atoms with Gasteiger partial charge in [0.05, 0.1) is 0 Å². The minimum Gasteiger partial charge on any atom is -0.347 e. The molecule has 1 aromatic heterocycles. The molecule has 6 nitrogen and oxygen atoms in total. The molecule has 2 heterocycles. The van der Waals surface area contributed by atoms with Crippen LogP contribution in [0.5, 0.6) is 0 Å². The molecule has 0 bridgehead atoms. The number of piperidine rings is 1. The van der Waals surface area contributed by atoms with E-state index in [2.05, 4.69) is 20.8 Å². The first kappa shape index (κ1) is 9.53. The summed E-state index contributed by atoms with van der Waals surface area (Å²) in [5, 5.41) is 12.1. The number of aromatic amines is 1. The fourth-order valence-electron chi connectivity index (χ4n) is 2.33. The Bertz CT molecular complexity index is 453. The van der Waals surface area contributed by atoms with Crippen molar-refractivity contribution in [3.8, 4) is 0 Å². The summed E-state index contributed by atoms with van der Waals surface area (Å²) >= 11 is 0. The minimum absolute atomic E-state index is 0.212. The summed E-state index contributed by atoms with van der Waals surface area (Å²) in [6, 6.07) is 3.02. The molecular formula is C10H12N4O2. The number of aromatic nitrogens is 2. The van der Waals surface area contributed by atoms with Crippen LogP contribution in [0.4, 0.5) is 0 Å². The van der Waals surface area contributed by atoms with Gasteiger partial charge < -0.3 is 10.6 Å². The van der Waals surface area contributed by atoms with Gasteiger partial charge in [0.15, 0.2) is 0 Å². The predicted octanol–water partition coefficient (Wildman–Crippen LogP) is -1.28. The van der Waals surface area contributed by atoms with E-state index < -0.39 is 0 Å². The molecule has 1 aliphatic heterocycles. The van der Waals surface area contributed by atoms with Crippen molar-refractivity contribution < 1.29 is 4.79 Å². The normalized spacial score (nSPS) is 30.9. The second-order valence-corrected chi connectivity index (χ2v) is 4.29. The Morgan fingerprint density at radius 1 is 1.38 bits per heavy atom. The highest BCUT2D eigenvalue weighted by molar-refractivity contribution is 5.92. The third-order valence-corrected chi connectivity index (χ3v) is 3.30. The molecule has 1 saturated carbocycles. The maximum absolute atomic E-state index is 11.7. The van der Waals surface area contributed by atoms with E-state index in [0.717, 1.165) is 13.1 Å². The van der Waals surface area contributed by atoms with Gasteiger partial charge in [0.25, 0.3) is 11.5 Å². The summed E-state index contributed by atoms with van der Waals surface area (Å²) in [7, 11) is 0. The Balaban J connectivity index is 1.65. The summed E-state index contributed by atoms with van der Waals surface area (Å²) < 4.78 is 0. The maximum Gasteiger partial charge on any atom is 0.271 e. The molecule has 1 saturated heterocycles. The lowest BCUT2D eigenvalue weighted by Gasteiger charge is -2.06. The molecule has 1 amide bonds. The Hall–Kier alpha value is -1.69.